The number of nitrogens with two attached hydrogens (primary N) is 1. The van der Waals surface area contributed by atoms with Gasteiger partial charge in [0.15, 0.2) is 0 Å². The van der Waals surface area contributed by atoms with Gasteiger partial charge >= 0.3 is 0 Å². The van der Waals surface area contributed by atoms with Gasteiger partial charge in [0.2, 0.25) is 10.0 Å². The summed E-state index contributed by atoms with van der Waals surface area (Å²) >= 11 is 9.06. The predicted octanol–water partition coefficient (Wildman–Crippen LogP) is 2.15. The van der Waals surface area contributed by atoms with Gasteiger partial charge in [0.05, 0.1) is 5.02 Å². The molecule has 8 heteroatoms. The Labute approximate surface area is 121 Å². The lowest BCUT2D eigenvalue weighted by molar-refractivity contribution is 0.579. The Morgan fingerprint density at radius 3 is 2.59 bits per heavy atom. The van der Waals surface area contributed by atoms with Crippen LogP contribution in [0.3, 0.4) is 0 Å². The molecule has 1 rings (SSSR count). The Hall–Kier alpha value is 0.150. The third-order valence-electron chi connectivity index (χ3n) is 1.86. The zero-order valence-corrected chi connectivity index (χ0v) is 12.8. The highest BCUT2D eigenvalue weighted by Gasteiger charge is 2.16. The van der Waals surface area contributed by atoms with Gasteiger partial charge in [-0.15, -0.1) is 12.4 Å². The van der Waals surface area contributed by atoms with E-state index in [9.17, 15) is 8.42 Å². The van der Waals surface area contributed by atoms with E-state index < -0.39 is 10.0 Å². The van der Waals surface area contributed by atoms with Crippen LogP contribution in [-0.2, 0) is 10.0 Å². The molecule has 0 saturated carbocycles. The number of sulfonamides is 1. The second-order valence-electron chi connectivity index (χ2n) is 3.11. The molecule has 1 aromatic carbocycles. The average molecular weight is 364 g/mol. The van der Waals surface area contributed by atoms with Crippen molar-refractivity contribution in [3.8, 4) is 0 Å². The third kappa shape index (κ3) is 5.11. The van der Waals surface area contributed by atoms with Crippen LogP contribution in [0.1, 0.15) is 6.42 Å². The minimum atomic E-state index is -3.54. The molecule has 0 atom stereocenters. The van der Waals surface area contributed by atoms with Gasteiger partial charge < -0.3 is 5.73 Å². The molecule has 0 heterocycles. The maximum atomic E-state index is 11.8. The first-order valence-corrected chi connectivity index (χ1v) is 7.27. The maximum Gasteiger partial charge on any atom is 0.242 e. The summed E-state index contributed by atoms with van der Waals surface area (Å²) in [4.78, 5) is 0.0781. The monoisotopic (exact) mass is 362 g/mol. The van der Waals surface area contributed by atoms with Gasteiger partial charge in [0.1, 0.15) is 4.90 Å². The SMILES string of the molecule is Cl.NCCCNS(=O)(=O)c1ccc(Br)cc1Cl. The highest BCUT2D eigenvalue weighted by atomic mass is 79.9. The quantitative estimate of drug-likeness (QED) is 0.787. The Balaban J connectivity index is 0.00000256. The number of rotatable bonds is 5. The molecule has 0 aliphatic heterocycles. The van der Waals surface area contributed by atoms with Crippen molar-refractivity contribution in [2.24, 2.45) is 5.73 Å². The van der Waals surface area contributed by atoms with Crippen LogP contribution in [0.25, 0.3) is 0 Å². The normalized spacial score (nSPS) is 11.0. The molecule has 0 radical (unpaired) electrons. The van der Waals surface area contributed by atoms with E-state index in [1.807, 2.05) is 0 Å². The zero-order valence-electron chi connectivity index (χ0n) is 8.82. The third-order valence-corrected chi connectivity index (χ3v) is 4.29. The second-order valence-corrected chi connectivity index (χ2v) is 6.17. The van der Waals surface area contributed by atoms with Crippen LogP contribution in [-0.4, -0.2) is 21.5 Å². The molecular weight excluding hydrogens is 351 g/mol. The summed E-state index contributed by atoms with van der Waals surface area (Å²) < 4.78 is 26.7. The lowest BCUT2D eigenvalue weighted by Crippen LogP contribution is -2.26. The van der Waals surface area contributed by atoms with E-state index in [-0.39, 0.29) is 22.3 Å². The van der Waals surface area contributed by atoms with E-state index in [1.165, 1.54) is 6.07 Å². The number of nitrogens with one attached hydrogen (secondary N) is 1. The van der Waals surface area contributed by atoms with Crippen molar-refractivity contribution >= 4 is 50.0 Å². The summed E-state index contributed by atoms with van der Waals surface area (Å²) in [7, 11) is -3.54. The van der Waals surface area contributed by atoms with Crippen molar-refractivity contribution < 1.29 is 8.42 Å². The molecule has 98 valence electrons. The fourth-order valence-electron chi connectivity index (χ4n) is 1.08. The van der Waals surface area contributed by atoms with Crippen LogP contribution in [0.15, 0.2) is 27.6 Å². The maximum absolute atomic E-state index is 11.8. The first-order valence-electron chi connectivity index (χ1n) is 4.62. The molecule has 0 aliphatic rings. The molecule has 3 N–H and O–H groups in total. The molecule has 0 amide bonds. The molecule has 4 nitrogen and oxygen atoms in total. The van der Waals surface area contributed by atoms with Crippen LogP contribution in [0, 0.1) is 0 Å². The number of hydrogen-bond donors (Lipinski definition) is 2. The molecule has 0 bridgehead atoms. The standard InChI is InChI=1S/C9H12BrClN2O2S.ClH/c10-7-2-3-9(8(11)6-7)16(14,15)13-5-1-4-12;/h2-3,6,13H,1,4-5,12H2;1H. The zero-order chi connectivity index (χ0) is 12.2. The van der Waals surface area contributed by atoms with Crippen LogP contribution >= 0.6 is 39.9 Å². The van der Waals surface area contributed by atoms with Crippen molar-refractivity contribution in [1.29, 1.82) is 0 Å². The Morgan fingerprint density at radius 1 is 1.41 bits per heavy atom. The van der Waals surface area contributed by atoms with E-state index in [4.69, 9.17) is 17.3 Å². The summed E-state index contributed by atoms with van der Waals surface area (Å²) in [6.07, 6.45) is 0.591. The van der Waals surface area contributed by atoms with Gasteiger partial charge in [0.25, 0.3) is 0 Å². The van der Waals surface area contributed by atoms with E-state index in [0.717, 1.165) is 4.47 Å². The molecule has 17 heavy (non-hydrogen) atoms. The van der Waals surface area contributed by atoms with Crippen LogP contribution in [0.2, 0.25) is 5.02 Å². The van der Waals surface area contributed by atoms with Gasteiger partial charge in [-0.25, -0.2) is 13.1 Å². The number of benzene rings is 1. The van der Waals surface area contributed by atoms with E-state index in [0.29, 0.717) is 19.5 Å². The Morgan fingerprint density at radius 2 is 2.06 bits per heavy atom. The average Bonchev–Trinajstić information content (AvgIpc) is 2.17. The highest BCUT2D eigenvalue weighted by Crippen LogP contribution is 2.24. The number of hydrogen-bond acceptors (Lipinski definition) is 3. The predicted molar refractivity (Wildman–Crippen MR) is 75.3 cm³/mol. The molecule has 0 aromatic heterocycles. The van der Waals surface area contributed by atoms with E-state index >= 15 is 0 Å². The van der Waals surface area contributed by atoms with Crippen molar-refractivity contribution in [3.05, 3.63) is 27.7 Å². The first kappa shape index (κ1) is 17.2. The smallest absolute Gasteiger partial charge is 0.242 e. The van der Waals surface area contributed by atoms with Gasteiger partial charge in [0, 0.05) is 11.0 Å². The Kier molecular flexibility index (Phi) is 7.62. The highest BCUT2D eigenvalue weighted by molar-refractivity contribution is 9.10. The van der Waals surface area contributed by atoms with Gasteiger partial charge in [-0.1, -0.05) is 27.5 Å². The number of halogens is 3. The van der Waals surface area contributed by atoms with E-state index in [2.05, 4.69) is 20.7 Å². The van der Waals surface area contributed by atoms with Gasteiger partial charge in [-0.2, -0.15) is 0 Å². The molecule has 0 aliphatic carbocycles. The Bertz CT molecular complexity index is 468. The lowest BCUT2D eigenvalue weighted by Gasteiger charge is -2.07. The van der Waals surface area contributed by atoms with Gasteiger partial charge in [-0.3, -0.25) is 0 Å². The summed E-state index contributed by atoms with van der Waals surface area (Å²) in [5.41, 5.74) is 5.28. The summed E-state index contributed by atoms with van der Waals surface area (Å²) in [5.74, 6) is 0. The molecule has 0 unspecified atom stereocenters. The largest absolute Gasteiger partial charge is 0.330 e. The molecule has 0 spiro atoms. The topological polar surface area (TPSA) is 72.2 Å². The minimum Gasteiger partial charge on any atom is -0.330 e. The van der Waals surface area contributed by atoms with Crippen LogP contribution in [0.5, 0.6) is 0 Å². The fraction of sp³-hybridized carbons (Fsp3) is 0.333. The van der Waals surface area contributed by atoms with Crippen molar-refractivity contribution in [2.45, 2.75) is 11.3 Å². The second kappa shape index (κ2) is 7.56. The summed E-state index contributed by atoms with van der Waals surface area (Å²) in [6, 6.07) is 4.62. The van der Waals surface area contributed by atoms with Crippen molar-refractivity contribution in [1.82, 2.24) is 4.72 Å². The first-order chi connectivity index (χ1) is 7.47. The summed E-state index contributed by atoms with van der Waals surface area (Å²) in [6.45, 7) is 0.752. The summed E-state index contributed by atoms with van der Waals surface area (Å²) in [5, 5.41) is 0.189. The minimum absolute atomic E-state index is 0. The molecule has 1 aromatic rings. The fourth-order valence-corrected chi connectivity index (χ4v) is 3.19. The van der Waals surface area contributed by atoms with Crippen LogP contribution < -0.4 is 10.5 Å². The van der Waals surface area contributed by atoms with Crippen molar-refractivity contribution in [2.75, 3.05) is 13.1 Å². The van der Waals surface area contributed by atoms with Gasteiger partial charge in [-0.05, 0) is 31.2 Å². The van der Waals surface area contributed by atoms with Crippen LogP contribution in [0.4, 0.5) is 0 Å². The lowest BCUT2D eigenvalue weighted by atomic mass is 10.4. The van der Waals surface area contributed by atoms with Crippen molar-refractivity contribution in [3.63, 3.8) is 0 Å². The molecular formula is C9H13BrCl2N2O2S. The van der Waals surface area contributed by atoms with E-state index in [1.54, 1.807) is 12.1 Å². The molecule has 0 saturated heterocycles. The molecule has 0 fully saturated rings.